The molecule has 0 aliphatic carbocycles. The molecule has 1 aromatic rings. The van der Waals surface area contributed by atoms with Crippen molar-refractivity contribution in [3.05, 3.63) is 22.5 Å². The van der Waals surface area contributed by atoms with Crippen molar-refractivity contribution >= 4 is 11.6 Å². The molecule has 0 aliphatic rings. The van der Waals surface area contributed by atoms with Gasteiger partial charge in [-0.1, -0.05) is 6.92 Å². The van der Waals surface area contributed by atoms with Crippen molar-refractivity contribution in [2.45, 2.75) is 32.4 Å². The number of aliphatic hydroxyl groups is 1. The minimum Gasteiger partial charge on any atom is -0.388 e. The first-order valence-electron chi connectivity index (χ1n) is 5.50. The highest BCUT2D eigenvalue weighted by atomic mass is 16.6. The van der Waals surface area contributed by atoms with Crippen LogP contribution in [-0.4, -0.2) is 37.9 Å². The van der Waals surface area contributed by atoms with Crippen LogP contribution >= 0.6 is 0 Å². The molecule has 100 valence electrons. The van der Waals surface area contributed by atoms with Crippen LogP contribution in [0.25, 0.3) is 0 Å². The molecule has 0 saturated heterocycles. The highest BCUT2D eigenvalue weighted by Crippen LogP contribution is 2.08. The van der Waals surface area contributed by atoms with Crippen molar-refractivity contribution in [2.24, 2.45) is 0 Å². The third-order valence-electron chi connectivity index (χ3n) is 2.56. The van der Waals surface area contributed by atoms with Crippen LogP contribution in [-0.2, 0) is 11.3 Å². The molecule has 1 rings (SSSR count). The van der Waals surface area contributed by atoms with E-state index in [1.165, 1.54) is 10.9 Å². The smallest absolute Gasteiger partial charge is 0.307 e. The van der Waals surface area contributed by atoms with E-state index in [1.54, 1.807) is 6.92 Å². The maximum Gasteiger partial charge on any atom is 0.307 e. The van der Waals surface area contributed by atoms with E-state index in [2.05, 4.69) is 10.4 Å². The lowest BCUT2D eigenvalue weighted by Gasteiger charge is -2.21. The van der Waals surface area contributed by atoms with Crippen molar-refractivity contribution in [3.8, 4) is 0 Å². The molecule has 1 amide bonds. The third-order valence-corrected chi connectivity index (χ3v) is 2.56. The van der Waals surface area contributed by atoms with E-state index in [9.17, 15) is 20.0 Å². The van der Waals surface area contributed by atoms with Crippen LogP contribution in [0.4, 0.5) is 5.69 Å². The number of nitrogens with zero attached hydrogens (tertiary/aromatic N) is 3. The second-order valence-corrected chi connectivity index (χ2v) is 4.28. The zero-order valence-corrected chi connectivity index (χ0v) is 10.3. The number of nitrogens with one attached hydrogen (secondary N) is 1. The Kier molecular flexibility index (Phi) is 4.38. The number of rotatable bonds is 6. The average molecular weight is 256 g/mol. The summed E-state index contributed by atoms with van der Waals surface area (Å²) in [7, 11) is 0. The van der Waals surface area contributed by atoms with Crippen LogP contribution in [0.15, 0.2) is 12.4 Å². The van der Waals surface area contributed by atoms with Gasteiger partial charge in [0.2, 0.25) is 5.91 Å². The monoisotopic (exact) mass is 256 g/mol. The summed E-state index contributed by atoms with van der Waals surface area (Å²) in [5.74, 6) is -0.360. The van der Waals surface area contributed by atoms with Crippen molar-refractivity contribution in [2.75, 3.05) is 6.54 Å². The Bertz CT molecular complexity index is 441. The SMILES string of the molecule is CCC(C)(O)CNC(=O)Cn1cc([N+](=O)[O-])cn1. The summed E-state index contributed by atoms with van der Waals surface area (Å²) in [6.07, 6.45) is 2.77. The molecular formula is C10H16N4O4. The molecule has 0 aliphatic heterocycles. The van der Waals surface area contributed by atoms with E-state index in [0.29, 0.717) is 6.42 Å². The van der Waals surface area contributed by atoms with E-state index in [1.807, 2.05) is 6.92 Å². The molecular weight excluding hydrogens is 240 g/mol. The van der Waals surface area contributed by atoms with E-state index >= 15 is 0 Å². The molecule has 8 nitrogen and oxygen atoms in total. The van der Waals surface area contributed by atoms with Gasteiger partial charge in [-0.05, 0) is 13.3 Å². The van der Waals surface area contributed by atoms with Crippen molar-refractivity contribution in [1.29, 1.82) is 0 Å². The molecule has 1 atom stereocenters. The van der Waals surface area contributed by atoms with Crippen molar-refractivity contribution in [1.82, 2.24) is 15.1 Å². The fraction of sp³-hybridized carbons (Fsp3) is 0.600. The lowest BCUT2D eigenvalue weighted by molar-refractivity contribution is -0.385. The molecule has 0 aromatic carbocycles. The zero-order chi connectivity index (χ0) is 13.8. The molecule has 1 aromatic heterocycles. The van der Waals surface area contributed by atoms with Gasteiger partial charge < -0.3 is 10.4 Å². The Hall–Kier alpha value is -1.96. The first-order chi connectivity index (χ1) is 8.34. The second kappa shape index (κ2) is 5.58. The lowest BCUT2D eigenvalue weighted by atomic mass is 10.0. The summed E-state index contributed by atoms with van der Waals surface area (Å²) in [5, 5.41) is 26.3. The van der Waals surface area contributed by atoms with E-state index in [4.69, 9.17) is 0 Å². The highest BCUT2D eigenvalue weighted by Gasteiger charge is 2.18. The van der Waals surface area contributed by atoms with Crippen LogP contribution in [0.3, 0.4) is 0 Å². The molecule has 1 heterocycles. The Morgan fingerprint density at radius 2 is 2.39 bits per heavy atom. The minimum atomic E-state index is -0.953. The fourth-order valence-corrected chi connectivity index (χ4v) is 1.15. The van der Waals surface area contributed by atoms with Crippen LogP contribution in [0.2, 0.25) is 0 Å². The van der Waals surface area contributed by atoms with Gasteiger partial charge in [0.1, 0.15) is 18.9 Å². The quantitative estimate of drug-likeness (QED) is 0.552. The second-order valence-electron chi connectivity index (χ2n) is 4.28. The number of hydrogen-bond donors (Lipinski definition) is 2. The molecule has 0 spiro atoms. The van der Waals surface area contributed by atoms with Gasteiger partial charge in [0.25, 0.3) is 0 Å². The number of carbonyl (C=O) groups is 1. The summed E-state index contributed by atoms with van der Waals surface area (Å²) in [4.78, 5) is 21.3. The molecule has 0 bridgehead atoms. The van der Waals surface area contributed by atoms with Gasteiger partial charge in [0, 0.05) is 6.54 Å². The summed E-state index contributed by atoms with van der Waals surface area (Å²) in [6.45, 7) is 3.44. The first kappa shape index (κ1) is 14.1. The predicted molar refractivity (Wildman–Crippen MR) is 62.8 cm³/mol. The number of nitro groups is 1. The Balaban J connectivity index is 2.47. The molecule has 2 N–H and O–H groups in total. The standard InChI is InChI=1S/C10H16N4O4/c1-3-10(2,16)7-11-9(15)6-13-5-8(4-12-13)14(17)18/h4-5,16H,3,6-7H2,1-2H3,(H,11,15). The summed E-state index contributed by atoms with van der Waals surface area (Å²) >= 11 is 0. The van der Waals surface area contributed by atoms with Gasteiger partial charge in [-0.15, -0.1) is 0 Å². The zero-order valence-electron chi connectivity index (χ0n) is 10.3. The summed E-state index contributed by atoms with van der Waals surface area (Å²) in [6, 6.07) is 0. The van der Waals surface area contributed by atoms with Crippen LogP contribution in [0, 0.1) is 10.1 Å². The molecule has 18 heavy (non-hydrogen) atoms. The topological polar surface area (TPSA) is 110 Å². The number of amides is 1. The van der Waals surface area contributed by atoms with Gasteiger partial charge in [-0.3, -0.25) is 19.6 Å². The predicted octanol–water partition coefficient (Wildman–Crippen LogP) is 0.0685. The fourth-order valence-electron chi connectivity index (χ4n) is 1.15. The maximum absolute atomic E-state index is 11.5. The number of aromatic nitrogens is 2. The van der Waals surface area contributed by atoms with E-state index < -0.39 is 10.5 Å². The normalized spacial score (nSPS) is 13.9. The molecule has 8 heteroatoms. The molecule has 1 unspecified atom stereocenters. The van der Waals surface area contributed by atoms with Crippen LogP contribution in [0.5, 0.6) is 0 Å². The van der Waals surface area contributed by atoms with Gasteiger partial charge in [0.15, 0.2) is 0 Å². The maximum atomic E-state index is 11.5. The summed E-state index contributed by atoms with van der Waals surface area (Å²) < 4.78 is 1.17. The van der Waals surface area contributed by atoms with Gasteiger partial charge in [-0.2, -0.15) is 5.10 Å². The highest BCUT2D eigenvalue weighted by molar-refractivity contribution is 5.75. The van der Waals surface area contributed by atoms with Gasteiger partial charge in [-0.25, -0.2) is 0 Å². The molecule has 0 fully saturated rings. The number of carbonyl (C=O) groups excluding carboxylic acids is 1. The van der Waals surface area contributed by atoms with Crippen molar-refractivity contribution < 1.29 is 14.8 Å². The minimum absolute atomic E-state index is 0.117. The first-order valence-corrected chi connectivity index (χ1v) is 5.50. The average Bonchev–Trinajstić information content (AvgIpc) is 2.75. The summed E-state index contributed by atoms with van der Waals surface area (Å²) in [5.41, 5.74) is -1.12. The Morgan fingerprint density at radius 1 is 1.72 bits per heavy atom. The van der Waals surface area contributed by atoms with Crippen LogP contribution < -0.4 is 5.32 Å². The van der Waals surface area contributed by atoms with Gasteiger partial charge >= 0.3 is 5.69 Å². The van der Waals surface area contributed by atoms with E-state index in [-0.39, 0.29) is 24.7 Å². The van der Waals surface area contributed by atoms with Gasteiger partial charge in [0.05, 0.1) is 10.5 Å². The third kappa shape index (κ3) is 4.13. The Labute approximate surface area is 104 Å². The van der Waals surface area contributed by atoms with E-state index in [0.717, 1.165) is 6.20 Å². The number of hydrogen-bond acceptors (Lipinski definition) is 5. The largest absolute Gasteiger partial charge is 0.388 e. The molecule has 0 radical (unpaired) electrons. The lowest BCUT2D eigenvalue weighted by Crippen LogP contribution is -2.41. The Morgan fingerprint density at radius 3 is 2.89 bits per heavy atom. The molecule has 0 saturated carbocycles. The van der Waals surface area contributed by atoms with Crippen molar-refractivity contribution in [3.63, 3.8) is 0 Å². The van der Waals surface area contributed by atoms with Crippen LogP contribution in [0.1, 0.15) is 20.3 Å².